The van der Waals surface area contributed by atoms with Crippen LogP contribution in [0.2, 0.25) is 0 Å². The SMILES string of the molecule is CCCSP(=O)(OCC)N1CCN=C1C(C#N)C#N. The van der Waals surface area contributed by atoms with Crippen LogP contribution in [0.15, 0.2) is 4.99 Å². The van der Waals surface area contributed by atoms with Crippen molar-refractivity contribution in [3.8, 4) is 12.1 Å². The van der Waals surface area contributed by atoms with Gasteiger partial charge in [0.2, 0.25) is 0 Å². The molecule has 1 aliphatic rings. The first-order valence-electron chi connectivity index (χ1n) is 6.13. The molecule has 0 saturated carbocycles. The fraction of sp³-hybridized carbons (Fsp3) is 0.727. The first kappa shape index (κ1) is 16.0. The fourth-order valence-corrected chi connectivity index (χ4v) is 6.19. The average Bonchev–Trinajstić information content (AvgIpc) is 2.88. The summed E-state index contributed by atoms with van der Waals surface area (Å²) < 4.78 is 19.8. The predicted molar refractivity (Wildman–Crippen MR) is 75.7 cm³/mol. The predicted octanol–water partition coefficient (Wildman–Crippen LogP) is 2.65. The molecule has 0 aromatic rings. The summed E-state index contributed by atoms with van der Waals surface area (Å²) in [6.45, 7) is 1.87. The van der Waals surface area contributed by atoms with E-state index in [4.69, 9.17) is 15.0 Å². The summed E-state index contributed by atoms with van der Waals surface area (Å²) in [5.41, 5.74) is 0. The highest BCUT2D eigenvalue weighted by Gasteiger charge is 2.39. The summed E-state index contributed by atoms with van der Waals surface area (Å²) in [5, 5.41) is 17.9. The number of nitriles is 2. The molecule has 1 aliphatic heterocycles. The third kappa shape index (κ3) is 3.73. The van der Waals surface area contributed by atoms with Crippen LogP contribution in [0, 0.1) is 28.6 Å². The second-order valence-corrected chi connectivity index (χ2v) is 8.28. The zero-order valence-corrected chi connectivity index (χ0v) is 12.8. The Morgan fingerprint density at radius 1 is 1.53 bits per heavy atom. The number of hydrogen-bond acceptors (Lipinski definition) is 6. The monoisotopic (exact) mass is 300 g/mol. The maximum Gasteiger partial charge on any atom is 0.354 e. The molecule has 6 nitrogen and oxygen atoms in total. The smallest absolute Gasteiger partial charge is 0.306 e. The van der Waals surface area contributed by atoms with Crippen LogP contribution in [-0.2, 0) is 9.09 Å². The van der Waals surface area contributed by atoms with Crippen molar-refractivity contribution in [3.05, 3.63) is 0 Å². The number of amidine groups is 1. The average molecular weight is 300 g/mol. The molecule has 1 unspecified atom stereocenters. The zero-order chi connectivity index (χ0) is 14.3. The summed E-state index contributed by atoms with van der Waals surface area (Å²) in [7, 11) is 0. The maximum absolute atomic E-state index is 12.9. The zero-order valence-electron chi connectivity index (χ0n) is 11.1. The third-order valence-corrected chi connectivity index (χ3v) is 7.34. The molecule has 0 bridgehead atoms. The van der Waals surface area contributed by atoms with Crippen molar-refractivity contribution in [2.24, 2.45) is 10.9 Å². The maximum atomic E-state index is 12.9. The standard InChI is InChI=1S/C11H17N4O2PS/c1-3-7-19-18(16,17-4-2)15-6-5-14-11(15)10(8-12)9-13/h10H,3-7H2,1-2H3. The van der Waals surface area contributed by atoms with Gasteiger partial charge >= 0.3 is 6.72 Å². The molecule has 0 N–H and O–H groups in total. The van der Waals surface area contributed by atoms with E-state index in [2.05, 4.69) is 4.99 Å². The topological polar surface area (TPSA) is 89.5 Å². The molecule has 0 aromatic heterocycles. The van der Waals surface area contributed by atoms with Crippen molar-refractivity contribution in [3.63, 3.8) is 0 Å². The molecule has 1 rings (SSSR count). The molecule has 19 heavy (non-hydrogen) atoms. The summed E-state index contributed by atoms with van der Waals surface area (Å²) in [6, 6.07) is 3.75. The molecule has 1 heterocycles. The van der Waals surface area contributed by atoms with Gasteiger partial charge in [-0.25, -0.2) is 0 Å². The van der Waals surface area contributed by atoms with Gasteiger partial charge in [-0.05, 0) is 24.7 Å². The summed E-state index contributed by atoms with van der Waals surface area (Å²) >= 11 is 1.25. The van der Waals surface area contributed by atoms with Crippen LogP contribution in [-0.4, -0.2) is 36.0 Å². The molecule has 104 valence electrons. The van der Waals surface area contributed by atoms with Gasteiger partial charge in [0.1, 0.15) is 5.84 Å². The molecule has 1 atom stereocenters. The van der Waals surface area contributed by atoms with Crippen molar-refractivity contribution >= 4 is 23.9 Å². The molecule has 0 fully saturated rings. The molecule has 0 aliphatic carbocycles. The van der Waals surface area contributed by atoms with Crippen molar-refractivity contribution in [2.75, 3.05) is 25.4 Å². The highest BCUT2D eigenvalue weighted by atomic mass is 32.7. The van der Waals surface area contributed by atoms with E-state index in [9.17, 15) is 4.57 Å². The van der Waals surface area contributed by atoms with E-state index in [1.54, 1.807) is 6.92 Å². The lowest BCUT2D eigenvalue weighted by molar-refractivity contribution is 0.319. The molecule has 0 radical (unpaired) electrons. The number of hydrogen-bond donors (Lipinski definition) is 0. The summed E-state index contributed by atoms with van der Waals surface area (Å²) in [5.74, 6) is -0.00549. The Morgan fingerprint density at radius 3 is 2.74 bits per heavy atom. The van der Waals surface area contributed by atoms with Crippen LogP contribution < -0.4 is 0 Å². The molecule has 0 aromatic carbocycles. The second-order valence-electron chi connectivity index (χ2n) is 3.77. The van der Waals surface area contributed by atoms with Crippen LogP contribution in [0.25, 0.3) is 0 Å². The van der Waals surface area contributed by atoms with Gasteiger partial charge in [-0.15, -0.1) is 0 Å². The van der Waals surface area contributed by atoms with E-state index >= 15 is 0 Å². The molecular formula is C11H17N4O2PS. The molecule has 0 amide bonds. The van der Waals surface area contributed by atoms with Crippen molar-refractivity contribution in [1.82, 2.24) is 4.67 Å². The van der Waals surface area contributed by atoms with Gasteiger partial charge < -0.3 is 4.52 Å². The normalized spacial score (nSPS) is 17.7. The number of nitrogens with zero attached hydrogens (tertiary/aromatic N) is 4. The van der Waals surface area contributed by atoms with E-state index in [1.165, 1.54) is 16.1 Å². The van der Waals surface area contributed by atoms with Crippen LogP contribution in [0.1, 0.15) is 20.3 Å². The van der Waals surface area contributed by atoms with E-state index in [-0.39, 0.29) is 5.84 Å². The molecule has 8 heteroatoms. The fourth-order valence-electron chi connectivity index (χ4n) is 1.63. The minimum Gasteiger partial charge on any atom is -0.306 e. The van der Waals surface area contributed by atoms with Crippen molar-refractivity contribution < 1.29 is 9.09 Å². The van der Waals surface area contributed by atoms with Crippen LogP contribution >= 0.6 is 18.1 Å². The second kappa shape index (κ2) is 7.55. The Hall–Kier alpha value is -1.01. The van der Waals surface area contributed by atoms with Gasteiger partial charge in [-0.3, -0.25) is 14.2 Å². The Bertz CT molecular complexity index is 454. The van der Waals surface area contributed by atoms with Crippen molar-refractivity contribution in [1.29, 1.82) is 10.5 Å². The summed E-state index contributed by atoms with van der Waals surface area (Å²) in [6.07, 6.45) is 0.877. The Morgan fingerprint density at radius 2 is 2.21 bits per heavy atom. The van der Waals surface area contributed by atoms with E-state index in [1.807, 2.05) is 19.1 Å². The Kier molecular flexibility index (Phi) is 6.37. The first-order valence-corrected chi connectivity index (χ1v) is 9.30. The highest BCUT2D eigenvalue weighted by Crippen LogP contribution is 2.63. The quantitative estimate of drug-likeness (QED) is 0.671. The van der Waals surface area contributed by atoms with E-state index in [0.717, 1.165) is 6.42 Å². The number of aliphatic imine (C=N–C) groups is 1. The lowest BCUT2D eigenvalue weighted by Crippen LogP contribution is -2.29. The largest absolute Gasteiger partial charge is 0.354 e. The molecule has 0 saturated heterocycles. The first-order chi connectivity index (χ1) is 9.12. The van der Waals surface area contributed by atoms with Gasteiger partial charge in [-0.2, -0.15) is 10.5 Å². The van der Waals surface area contributed by atoms with Gasteiger partial charge in [-0.1, -0.05) is 6.92 Å². The Labute approximate surface area is 117 Å². The minimum absolute atomic E-state index is 0.283. The van der Waals surface area contributed by atoms with Gasteiger partial charge in [0, 0.05) is 12.3 Å². The van der Waals surface area contributed by atoms with E-state index in [0.29, 0.717) is 25.4 Å². The third-order valence-electron chi connectivity index (χ3n) is 2.41. The summed E-state index contributed by atoms with van der Waals surface area (Å²) in [4.78, 5) is 4.15. The lowest BCUT2D eigenvalue weighted by Gasteiger charge is -2.29. The van der Waals surface area contributed by atoms with Gasteiger partial charge in [0.15, 0.2) is 5.92 Å². The highest BCUT2D eigenvalue weighted by molar-refractivity contribution is 8.56. The van der Waals surface area contributed by atoms with Crippen LogP contribution in [0.3, 0.4) is 0 Å². The minimum atomic E-state index is -3.10. The molecular weight excluding hydrogens is 283 g/mol. The lowest BCUT2D eigenvalue weighted by atomic mass is 10.2. The Balaban J connectivity index is 2.97. The number of rotatable bonds is 7. The van der Waals surface area contributed by atoms with Crippen molar-refractivity contribution in [2.45, 2.75) is 20.3 Å². The van der Waals surface area contributed by atoms with Crippen LogP contribution in [0.4, 0.5) is 0 Å². The van der Waals surface area contributed by atoms with Gasteiger partial charge in [0.25, 0.3) is 0 Å². The van der Waals surface area contributed by atoms with E-state index < -0.39 is 12.6 Å². The van der Waals surface area contributed by atoms with Crippen LogP contribution in [0.5, 0.6) is 0 Å². The molecule has 0 spiro atoms. The van der Waals surface area contributed by atoms with Gasteiger partial charge in [0.05, 0.1) is 25.3 Å².